The minimum Gasteiger partial charge on any atom is -0.506 e. The Morgan fingerprint density at radius 2 is 1.94 bits per heavy atom. The highest BCUT2D eigenvalue weighted by Gasteiger charge is 2.37. The maximum Gasteiger partial charge on any atom is 0.336 e. The lowest BCUT2D eigenvalue weighted by atomic mass is 9.83. The van der Waals surface area contributed by atoms with Crippen LogP contribution in [0, 0.1) is 6.92 Å². The molecule has 8 heteroatoms. The second-order valence-corrected chi connectivity index (χ2v) is 8.38. The Balaban J connectivity index is 1.62. The van der Waals surface area contributed by atoms with E-state index in [2.05, 4.69) is 4.98 Å². The van der Waals surface area contributed by atoms with Gasteiger partial charge in [0, 0.05) is 23.7 Å². The van der Waals surface area contributed by atoms with E-state index in [1.165, 1.54) is 13.0 Å². The molecule has 1 N–H and O–H groups in total. The molecule has 0 saturated carbocycles. The predicted octanol–water partition coefficient (Wildman–Crippen LogP) is 4.42. The SMILES string of the molecule is CC(=O)c1c2c(c3oc(=O)cc(C)c3c1O)[C@@H](c1ccc(OCc3ccccn3)cc1)CC(=O)O2. The second kappa shape index (κ2) is 8.72. The maximum absolute atomic E-state index is 12.6. The van der Waals surface area contributed by atoms with E-state index >= 15 is 0 Å². The molecular weight excluding hydrogens is 450 g/mol. The quantitative estimate of drug-likeness (QED) is 0.197. The number of ether oxygens (including phenoxy) is 2. The monoisotopic (exact) mass is 471 g/mol. The summed E-state index contributed by atoms with van der Waals surface area (Å²) in [6, 6.07) is 14.0. The van der Waals surface area contributed by atoms with Crippen LogP contribution in [0.15, 0.2) is 63.9 Å². The molecule has 0 radical (unpaired) electrons. The normalized spacial score (nSPS) is 14.9. The van der Waals surface area contributed by atoms with E-state index in [1.54, 1.807) is 37.4 Å². The lowest BCUT2D eigenvalue weighted by Gasteiger charge is -2.28. The zero-order valence-electron chi connectivity index (χ0n) is 19.0. The molecule has 1 aliphatic heterocycles. The van der Waals surface area contributed by atoms with Crippen molar-refractivity contribution >= 4 is 22.7 Å². The van der Waals surface area contributed by atoms with E-state index in [4.69, 9.17) is 13.9 Å². The largest absolute Gasteiger partial charge is 0.506 e. The van der Waals surface area contributed by atoms with Crippen molar-refractivity contribution in [2.75, 3.05) is 0 Å². The molecule has 0 saturated heterocycles. The van der Waals surface area contributed by atoms with Gasteiger partial charge in [-0.2, -0.15) is 0 Å². The van der Waals surface area contributed by atoms with Crippen molar-refractivity contribution in [3.8, 4) is 17.2 Å². The Bertz CT molecular complexity index is 1520. The minimum absolute atomic E-state index is 0.0317. The summed E-state index contributed by atoms with van der Waals surface area (Å²) >= 11 is 0. The van der Waals surface area contributed by atoms with Gasteiger partial charge in [0.25, 0.3) is 0 Å². The number of carbonyl (C=O) groups excluding carboxylic acids is 2. The summed E-state index contributed by atoms with van der Waals surface area (Å²) in [5.41, 5.74) is 1.73. The standard InChI is InChI=1S/C27H21NO7/c1-14-11-20(30)34-26-22(14)25(32)23(15(2)29)27-24(26)19(12-21(31)35-27)16-6-8-18(9-7-16)33-13-17-5-3-4-10-28-17/h3-11,19,32H,12-13H2,1-2H3/t19-/m1/s1. The van der Waals surface area contributed by atoms with E-state index < -0.39 is 23.3 Å². The maximum atomic E-state index is 12.6. The Kier molecular flexibility index (Phi) is 5.56. The number of rotatable bonds is 5. The molecule has 8 nitrogen and oxygen atoms in total. The molecule has 3 heterocycles. The van der Waals surface area contributed by atoms with Gasteiger partial charge in [-0.3, -0.25) is 14.6 Å². The number of hydrogen-bond acceptors (Lipinski definition) is 8. The van der Waals surface area contributed by atoms with Gasteiger partial charge in [0.1, 0.15) is 29.3 Å². The minimum atomic E-state index is -0.610. The molecule has 2 aromatic carbocycles. The van der Waals surface area contributed by atoms with E-state index in [0.29, 0.717) is 23.5 Å². The molecule has 0 unspecified atom stereocenters. The van der Waals surface area contributed by atoms with Gasteiger partial charge in [-0.05, 0) is 49.2 Å². The summed E-state index contributed by atoms with van der Waals surface area (Å²) in [5.74, 6) is -1.44. The number of nitrogens with zero attached hydrogens (tertiary/aromatic N) is 1. The molecule has 2 aromatic heterocycles. The average molecular weight is 471 g/mol. The van der Waals surface area contributed by atoms with Crippen LogP contribution in [0.1, 0.15) is 52.0 Å². The van der Waals surface area contributed by atoms with Crippen LogP contribution >= 0.6 is 0 Å². The molecule has 4 aromatic rings. The lowest BCUT2D eigenvalue weighted by molar-refractivity contribution is -0.135. The predicted molar refractivity (Wildman–Crippen MR) is 126 cm³/mol. The molecule has 1 aliphatic rings. The van der Waals surface area contributed by atoms with Crippen LogP contribution in [0.2, 0.25) is 0 Å². The third-order valence-electron chi connectivity index (χ3n) is 6.03. The molecule has 5 rings (SSSR count). The van der Waals surface area contributed by atoms with Crippen molar-refractivity contribution in [3.05, 3.63) is 93.1 Å². The number of fused-ring (bicyclic) bond motifs is 3. The molecule has 1 atom stereocenters. The molecule has 0 aliphatic carbocycles. The number of ketones is 1. The number of Topliss-reactive ketones (excluding diaryl/α,β-unsaturated/α-hetero) is 1. The van der Waals surface area contributed by atoms with Gasteiger partial charge >= 0.3 is 11.6 Å². The molecular formula is C27H21NO7. The Morgan fingerprint density at radius 1 is 1.17 bits per heavy atom. The number of benzene rings is 2. The number of aryl methyl sites for hydroxylation is 1. The highest BCUT2D eigenvalue weighted by molar-refractivity contribution is 6.09. The van der Waals surface area contributed by atoms with Gasteiger partial charge in [-0.15, -0.1) is 0 Å². The first kappa shape index (κ1) is 22.3. The fourth-order valence-corrected chi connectivity index (χ4v) is 4.46. The van der Waals surface area contributed by atoms with Crippen LogP contribution in [0.25, 0.3) is 11.0 Å². The summed E-state index contributed by atoms with van der Waals surface area (Å²) < 4.78 is 16.7. The van der Waals surface area contributed by atoms with Crippen molar-refractivity contribution in [1.29, 1.82) is 0 Å². The van der Waals surface area contributed by atoms with E-state index in [-0.39, 0.29) is 34.5 Å². The van der Waals surface area contributed by atoms with Gasteiger partial charge in [0.2, 0.25) is 0 Å². The molecule has 0 fully saturated rings. The Hall–Kier alpha value is -4.46. The first-order valence-electron chi connectivity index (χ1n) is 11.0. The van der Waals surface area contributed by atoms with Crippen LogP contribution in [-0.4, -0.2) is 21.8 Å². The van der Waals surface area contributed by atoms with E-state index in [0.717, 1.165) is 11.3 Å². The molecule has 0 bridgehead atoms. The van der Waals surface area contributed by atoms with Crippen LogP contribution in [0.5, 0.6) is 17.2 Å². The Morgan fingerprint density at radius 3 is 2.63 bits per heavy atom. The first-order chi connectivity index (χ1) is 16.8. The van der Waals surface area contributed by atoms with E-state index in [9.17, 15) is 19.5 Å². The highest BCUT2D eigenvalue weighted by Crippen LogP contribution is 2.49. The Labute approximate surface area is 199 Å². The van der Waals surface area contributed by atoms with E-state index in [1.807, 2.05) is 18.2 Å². The van der Waals surface area contributed by atoms with Crippen LogP contribution in [0.3, 0.4) is 0 Å². The zero-order chi connectivity index (χ0) is 24.7. The molecule has 0 spiro atoms. The zero-order valence-corrected chi connectivity index (χ0v) is 19.0. The van der Waals surface area contributed by atoms with Crippen molar-refractivity contribution in [2.24, 2.45) is 0 Å². The van der Waals surface area contributed by atoms with Crippen molar-refractivity contribution < 1.29 is 28.6 Å². The average Bonchev–Trinajstić information content (AvgIpc) is 2.82. The summed E-state index contributed by atoms with van der Waals surface area (Å²) in [7, 11) is 0. The smallest absolute Gasteiger partial charge is 0.336 e. The number of phenols is 1. The summed E-state index contributed by atoms with van der Waals surface area (Å²) in [5, 5.41) is 11.1. The number of esters is 1. The van der Waals surface area contributed by atoms with Crippen molar-refractivity contribution in [2.45, 2.75) is 32.8 Å². The number of hydrogen-bond donors (Lipinski definition) is 1. The van der Waals surface area contributed by atoms with Gasteiger partial charge in [-0.1, -0.05) is 18.2 Å². The third-order valence-corrected chi connectivity index (χ3v) is 6.03. The fourth-order valence-electron chi connectivity index (χ4n) is 4.46. The van der Waals surface area contributed by atoms with Gasteiger partial charge in [0.05, 0.1) is 17.5 Å². The number of carbonyl (C=O) groups is 2. The van der Waals surface area contributed by atoms with Crippen LogP contribution in [-0.2, 0) is 11.4 Å². The first-order valence-corrected chi connectivity index (χ1v) is 11.0. The topological polar surface area (TPSA) is 116 Å². The summed E-state index contributed by atoms with van der Waals surface area (Å²) in [6.07, 6.45) is 1.66. The van der Waals surface area contributed by atoms with Crippen LogP contribution in [0.4, 0.5) is 0 Å². The summed E-state index contributed by atoms with van der Waals surface area (Å²) in [6.45, 7) is 3.22. The molecule has 176 valence electrons. The summed E-state index contributed by atoms with van der Waals surface area (Å²) in [4.78, 5) is 41.5. The second-order valence-electron chi connectivity index (χ2n) is 8.38. The number of pyridine rings is 1. The van der Waals surface area contributed by atoms with Gasteiger partial charge in [0.15, 0.2) is 11.5 Å². The van der Waals surface area contributed by atoms with Gasteiger partial charge in [-0.25, -0.2) is 4.79 Å². The number of aromatic hydroxyl groups is 1. The highest BCUT2D eigenvalue weighted by atomic mass is 16.5. The fraction of sp³-hybridized carbons (Fsp3) is 0.185. The van der Waals surface area contributed by atoms with Crippen molar-refractivity contribution in [1.82, 2.24) is 4.98 Å². The lowest BCUT2D eigenvalue weighted by Crippen LogP contribution is -2.23. The number of aromatic nitrogens is 1. The molecule has 35 heavy (non-hydrogen) atoms. The van der Waals surface area contributed by atoms with Crippen LogP contribution < -0.4 is 15.1 Å². The number of phenolic OH excluding ortho intramolecular Hbond substituents is 1. The third kappa shape index (κ3) is 4.03. The van der Waals surface area contributed by atoms with Gasteiger partial charge < -0.3 is 19.0 Å². The molecule has 0 amide bonds. The van der Waals surface area contributed by atoms with Crippen molar-refractivity contribution in [3.63, 3.8) is 0 Å².